The molecule has 3 aromatic rings. The number of piperazine rings is 1. The molecular formula is C27H34Cl3N5O4. The summed E-state index contributed by atoms with van der Waals surface area (Å²) in [4.78, 5) is 47.1. The second-order valence-corrected chi connectivity index (χ2v) is 9.33. The number of carboxylic acid groups (broad SMARTS) is 1. The average Bonchev–Trinajstić information content (AvgIpc) is 2.85. The first-order valence-electron chi connectivity index (χ1n) is 11.9. The van der Waals surface area contributed by atoms with Gasteiger partial charge in [-0.1, -0.05) is 29.8 Å². The van der Waals surface area contributed by atoms with Crippen LogP contribution in [0.1, 0.15) is 21.5 Å². The Morgan fingerprint density at radius 2 is 1.59 bits per heavy atom. The van der Waals surface area contributed by atoms with Crippen LogP contribution in [0, 0.1) is 6.92 Å². The number of halogens is 3. The van der Waals surface area contributed by atoms with Crippen LogP contribution < -0.4 is 10.2 Å². The average molecular weight is 599 g/mol. The van der Waals surface area contributed by atoms with Gasteiger partial charge in [-0.25, -0.2) is 9.78 Å². The van der Waals surface area contributed by atoms with E-state index in [1.165, 1.54) is 0 Å². The molecule has 0 radical (unpaired) electrons. The molecule has 12 heteroatoms. The number of anilines is 2. The van der Waals surface area contributed by atoms with Crippen molar-refractivity contribution in [2.75, 3.05) is 57.0 Å². The Morgan fingerprint density at radius 1 is 0.949 bits per heavy atom. The number of nitrogens with zero attached hydrogens (tertiary/aromatic N) is 4. The number of carbonyl (C=O) groups excluding carboxylic acids is 2. The van der Waals surface area contributed by atoms with Crippen LogP contribution in [-0.4, -0.2) is 84.5 Å². The molecule has 0 bridgehead atoms. The van der Waals surface area contributed by atoms with Gasteiger partial charge in [-0.05, 0) is 36.8 Å². The first-order chi connectivity index (χ1) is 17.2. The highest BCUT2D eigenvalue weighted by atomic mass is 35.5. The highest BCUT2D eigenvalue weighted by Gasteiger charge is 2.22. The van der Waals surface area contributed by atoms with E-state index in [0.29, 0.717) is 55.1 Å². The number of aromatic nitrogens is 1. The number of hydrogen-bond acceptors (Lipinski definition) is 6. The third kappa shape index (κ3) is 8.69. The van der Waals surface area contributed by atoms with Gasteiger partial charge >= 0.3 is 5.97 Å². The fourth-order valence-electron chi connectivity index (χ4n) is 4.19. The summed E-state index contributed by atoms with van der Waals surface area (Å²) >= 11 is 0. The van der Waals surface area contributed by atoms with E-state index in [1.54, 1.807) is 43.3 Å². The van der Waals surface area contributed by atoms with Gasteiger partial charge < -0.3 is 20.2 Å². The van der Waals surface area contributed by atoms with Crippen LogP contribution in [0.3, 0.4) is 0 Å². The Hall–Kier alpha value is -3.11. The summed E-state index contributed by atoms with van der Waals surface area (Å²) in [6.07, 6.45) is 0.230. The standard InChI is InChI=1S/C27H31N5O4.3ClH/c1-18-4-6-19(7-5-18)14-25(33)28-20-8-9-23-21(15-20)22(27(35)36)16-24(29-23)32-12-10-31(11-13-32)17-26(34)30(2)3;;;/h4-9,15-16H,10-14,17H2,1-3H3,(H,28,33)(H,35,36);3*1H. The molecule has 2 N–H and O–H groups in total. The predicted molar refractivity (Wildman–Crippen MR) is 161 cm³/mol. The third-order valence-electron chi connectivity index (χ3n) is 6.35. The van der Waals surface area contributed by atoms with Gasteiger partial charge in [-0.15, -0.1) is 37.2 Å². The fourth-order valence-corrected chi connectivity index (χ4v) is 4.19. The number of carbonyl (C=O) groups is 3. The summed E-state index contributed by atoms with van der Waals surface area (Å²) < 4.78 is 0. The molecule has 1 aliphatic heterocycles. The van der Waals surface area contributed by atoms with Gasteiger partial charge in [0.1, 0.15) is 5.82 Å². The number of nitrogens with one attached hydrogen (secondary N) is 1. The molecule has 0 spiro atoms. The van der Waals surface area contributed by atoms with Crippen molar-refractivity contribution in [1.82, 2.24) is 14.8 Å². The molecule has 0 aliphatic carbocycles. The van der Waals surface area contributed by atoms with Crippen molar-refractivity contribution in [2.45, 2.75) is 13.3 Å². The number of aromatic carboxylic acids is 1. The zero-order valence-corrected chi connectivity index (χ0v) is 24.5. The van der Waals surface area contributed by atoms with Crippen molar-refractivity contribution in [3.8, 4) is 0 Å². The lowest BCUT2D eigenvalue weighted by atomic mass is 10.1. The third-order valence-corrected chi connectivity index (χ3v) is 6.35. The predicted octanol–water partition coefficient (Wildman–Crippen LogP) is 3.90. The summed E-state index contributed by atoms with van der Waals surface area (Å²) in [5.74, 6) is -0.580. The second-order valence-electron chi connectivity index (χ2n) is 9.33. The fraction of sp³-hybridized carbons (Fsp3) is 0.333. The van der Waals surface area contributed by atoms with E-state index < -0.39 is 5.97 Å². The maximum absolute atomic E-state index is 12.5. The van der Waals surface area contributed by atoms with Crippen LogP contribution in [0.4, 0.5) is 11.5 Å². The zero-order chi connectivity index (χ0) is 25.8. The van der Waals surface area contributed by atoms with Crippen molar-refractivity contribution in [1.29, 1.82) is 0 Å². The van der Waals surface area contributed by atoms with E-state index in [2.05, 4.69) is 10.2 Å². The molecule has 2 heterocycles. The number of likely N-dealkylation sites (N-methyl/N-ethyl adjacent to an activating group) is 1. The molecule has 0 unspecified atom stereocenters. The maximum Gasteiger partial charge on any atom is 0.336 e. The number of hydrogen-bond donors (Lipinski definition) is 2. The topological polar surface area (TPSA) is 106 Å². The zero-order valence-electron chi connectivity index (χ0n) is 22.0. The first kappa shape index (κ1) is 33.9. The van der Waals surface area contributed by atoms with Gasteiger partial charge in [0.25, 0.3) is 0 Å². The number of carboxylic acids is 1. The number of fused-ring (bicyclic) bond motifs is 1. The molecule has 4 rings (SSSR count). The number of benzene rings is 2. The van der Waals surface area contributed by atoms with E-state index in [4.69, 9.17) is 4.98 Å². The van der Waals surface area contributed by atoms with Gasteiger partial charge in [-0.2, -0.15) is 0 Å². The number of pyridine rings is 1. The van der Waals surface area contributed by atoms with Crippen molar-refractivity contribution < 1.29 is 19.5 Å². The van der Waals surface area contributed by atoms with Crippen LogP contribution >= 0.6 is 37.2 Å². The Balaban J connectivity index is 0.00000253. The van der Waals surface area contributed by atoms with Crippen LogP contribution in [-0.2, 0) is 16.0 Å². The molecule has 1 aromatic heterocycles. The van der Waals surface area contributed by atoms with Gasteiger partial charge in [-0.3, -0.25) is 14.5 Å². The summed E-state index contributed by atoms with van der Waals surface area (Å²) in [6.45, 7) is 5.02. The smallest absolute Gasteiger partial charge is 0.336 e. The number of amides is 2. The van der Waals surface area contributed by atoms with Gasteiger partial charge in [0.05, 0.1) is 24.0 Å². The minimum atomic E-state index is -1.05. The molecule has 2 amide bonds. The molecule has 1 saturated heterocycles. The summed E-state index contributed by atoms with van der Waals surface area (Å²) in [6, 6.07) is 14.5. The molecule has 212 valence electrons. The normalized spacial score (nSPS) is 12.9. The lowest BCUT2D eigenvalue weighted by Crippen LogP contribution is -2.49. The SMILES string of the molecule is Cc1ccc(CC(=O)Nc2ccc3nc(N4CCN(CC(=O)N(C)C)CC4)cc(C(=O)O)c3c2)cc1.Cl.Cl.Cl. The summed E-state index contributed by atoms with van der Waals surface area (Å²) in [5, 5.41) is 13.2. The number of aryl methyl sites for hydroxylation is 1. The van der Waals surface area contributed by atoms with E-state index >= 15 is 0 Å². The maximum atomic E-state index is 12.5. The molecule has 9 nitrogen and oxygen atoms in total. The highest BCUT2D eigenvalue weighted by molar-refractivity contribution is 6.05. The van der Waals surface area contributed by atoms with E-state index in [9.17, 15) is 19.5 Å². The number of rotatable bonds is 7. The van der Waals surface area contributed by atoms with E-state index in [0.717, 1.165) is 11.1 Å². The van der Waals surface area contributed by atoms with Crippen LogP contribution in [0.2, 0.25) is 0 Å². The van der Waals surface area contributed by atoms with Gasteiger partial charge in [0.15, 0.2) is 0 Å². The van der Waals surface area contributed by atoms with Crippen LogP contribution in [0.25, 0.3) is 10.9 Å². The Morgan fingerprint density at radius 3 is 2.18 bits per heavy atom. The largest absolute Gasteiger partial charge is 0.478 e. The minimum absolute atomic E-state index is 0. The van der Waals surface area contributed by atoms with Crippen molar-refractivity contribution in [3.63, 3.8) is 0 Å². The van der Waals surface area contributed by atoms with Crippen molar-refractivity contribution in [2.24, 2.45) is 0 Å². The highest BCUT2D eigenvalue weighted by Crippen LogP contribution is 2.27. The quantitative estimate of drug-likeness (QED) is 0.425. The van der Waals surface area contributed by atoms with Crippen molar-refractivity contribution in [3.05, 3.63) is 65.2 Å². The molecular weight excluding hydrogens is 565 g/mol. The molecule has 1 aliphatic rings. The van der Waals surface area contributed by atoms with E-state index in [-0.39, 0.29) is 61.0 Å². The van der Waals surface area contributed by atoms with Crippen molar-refractivity contribution >= 4 is 77.4 Å². The Bertz CT molecular complexity index is 1300. The second kappa shape index (κ2) is 14.9. The monoisotopic (exact) mass is 597 g/mol. The summed E-state index contributed by atoms with van der Waals surface area (Å²) in [7, 11) is 3.48. The molecule has 39 heavy (non-hydrogen) atoms. The van der Waals surface area contributed by atoms with E-state index in [1.807, 2.05) is 36.1 Å². The van der Waals surface area contributed by atoms with Crippen LogP contribution in [0.5, 0.6) is 0 Å². The lowest BCUT2D eigenvalue weighted by Gasteiger charge is -2.35. The minimum Gasteiger partial charge on any atom is -0.478 e. The molecule has 1 fully saturated rings. The molecule has 0 atom stereocenters. The molecule has 0 saturated carbocycles. The Labute approximate surface area is 246 Å². The first-order valence-corrected chi connectivity index (χ1v) is 11.9. The Kier molecular flexibility index (Phi) is 12.9. The lowest BCUT2D eigenvalue weighted by molar-refractivity contribution is -0.130. The molecule has 2 aromatic carbocycles. The van der Waals surface area contributed by atoms with Crippen LogP contribution in [0.15, 0.2) is 48.5 Å². The summed E-state index contributed by atoms with van der Waals surface area (Å²) in [5.41, 5.74) is 3.24. The van der Waals surface area contributed by atoms with Gasteiger partial charge in [0, 0.05) is 51.3 Å². The van der Waals surface area contributed by atoms with Gasteiger partial charge in [0.2, 0.25) is 11.8 Å².